The van der Waals surface area contributed by atoms with Crippen LogP contribution in [0.2, 0.25) is 0 Å². The van der Waals surface area contributed by atoms with Gasteiger partial charge in [0.15, 0.2) is 0 Å². The molecule has 2 nitrogen and oxygen atoms in total. The molecule has 0 aliphatic rings. The van der Waals surface area contributed by atoms with E-state index in [4.69, 9.17) is 4.74 Å². The van der Waals surface area contributed by atoms with E-state index in [1.165, 1.54) is 17.5 Å². The van der Waals surface area contributed by atoms with E-state index < -0.39 is 0 Å². The van der Waals surface area contributed by atoms with Gasteiger partial charge in [-0.05, 0) is 44.6 Å². The van der Waals surface area contributed by atoms with Gasteiger partial charge in [-0.25, -0.2) is 0 Å². The average molecular weight is 376 g/mol. The maximum atomic E-state index is 6.27. The molecule has 0 fully saturated rings. The van der Waals surface area contributed by atoms with E-state index >= 15 is 0 Å². The Morgan fingerprint density at radius 3 is 2.35 bits per heavy atom. The first-order valence-electron chi connectivity index (χ1n) is 8.22. The van der Waals surface area contributed by atoms with Crippen LogP contribution in [0.5, 0.6) is 5.75 Å². The molecule has 2 aromatic carbocycles. The summed E-state index contributed by atoms with van der Waals surface area (Å²) in [5.74, 6) is 0.938. The fourth-order valence-electron chi connectivity index (χ4n) is 2.52. The lowest BCUT2D eigenvalue weighted by Crippen LogP contribution is -2.24. The summed E-state index contributed by atoms with van der Waals surface area (Å²) in [6.45, 7) is 4.23. The molecule has 1 unspecified atom stereocenters. The number of benzene rings is 2. The third-order valence-electron chi connectivity index (χ3n) is 3.92. The number of ether oxygens (including phenoxy) is 1. The lowest BCUT2D eigenvalue weighted by molar-refractivity contribution is 0.173. The first-order valence-corrected chi connectivity index (χ1v) is 9.34. The number of hydrogen-bond acceptors (Lipinski definition) is 2. The highest BCUT2D eigenvalue weighted by molar-refractivity contribution is 9.09. The van der Waals surface area contributed by atoms with Gasteiger partial charge in [-0.2, -0.15) is 0 Å². The van der Waals surface area contributed by atoms with E-state index in [0.29, 0.717) is 0 Å². The van der Waals surface area contributed by atoms with E-state index in [-0.39, 0.29) is 6.10 Å². The minimum atomic E-state index is 0.0883. The van der Waals surface area contributed by atoms with E-state index in [9.17, 15) is 0 Å². The van der Waals surface area contributed by atoms with Crippen LogP contribution in [0.1, 0.15) is 30.1 Å². The second-order valence-corrected chi connectivity index (χ2v) is 6.76. The monoisotopic (exact) mass is 375 g/mol. The third-order valence-corrected chi connectivity index (χ3v) is 4.48. The van der Waals surface area contributed by atoms with Crippen molar-refractivity contribution in [1.29, 1.82) is 0 Å². The van der Waals surface area contributed by atoms with Crippen molar-refractivity contribution in [3.05, 3.63) is 65.7 Å². The topological polar surface area (TPSA) is 12.5 Å². The van der Waals surface area contributed by atoms with Gasteiger partial charge in [-0.15, -0.1) is 0 Å². The molecule has 0 aliphatic heterocycles. The highest BCUT2D eigenvalue weighted by Gasteiger charge is 2.14. The molecule has 2 rings (SSSR count). The lowest BCUT2D eigenvalue weighted by atomic mass is 10.1. The molecule has 3 heteroatoms. The first-order chi connectivity index (χ1) is 11.2. The molecular weight excluding hydrogens is 350 g/mol. The quantitative estimate of drug-likeness (QED) is 0.556. The Balaban J connectivity index is 2.02. The predicted octanol–water partition coefficient (Wildman–Crippen LogP) is 5.22. The molecule has 0 radical (unpaired) electrons. The summed E-state index contributed by atoms with van der Waals surface area (Å²) >= 11 is 3.49. The molecule has 0 spiro atoms. The molecule has 0 saturated carbocycles. The van der Waals surface area contributed by atoms with Crippen LogP contribution in [0.4, 0.5) is 0 Å². The van der Waals surface area contributed by atoms with Gasteiger partial charge < -0.3 is 9.64 Å². The number of hydrogen-bond donors (Lipinski definition) is 0. The zero-order valence-electron chi connectivity index (χ0n) is 14.0. The average Bonchev–Trinajstić information content (AvgIpc) is 2.59. The number of rotatable bonds is 9. The van der Waals surface area contributed by atoms with E-state index in [1.807, 2.05) is 0 Å². The molecule has 2 aromatic rings. The summed E-state index contributed by atoms with van der Waals surface area (Å²) in [7, 11) is 2.18. The summed E-state index contributed by atoms with van der Waals surface area (Å²) in [6.07, 6.45) is 2.24. The Morgan fingerprint density at radius 1 is 1.00 bits per heavy atom. The van der Waals surface area contributed by atoms with E-state index in [1.54, 1.807) is 0 Å². The number of nitrogens with zero attached hydrogens (tertiary/aromatic N) is 1. The molecule has 0 aliphatic carbocycles. The first kappa shape index (κ1) is 18.0. The van der Waals surface area contributed by atoms with Gasteiger partial charge in [0.2, 0.25) is 0 Å². The smallest absolute Gasteiger partial charge is 0.125 e. The van der Waals surface area contributed by atoms with Gasteiger partial charge >= 0.3 is 0 Å². The van der Waals surface area contributed by atoms with Crippen molar-refractivity contribution >= 4 is 15.9 Å². The maximum absolute atomic E-state index is 6.27. The molecular formula is C20H26BrNO. The number of alkyl halides is 1. The largest absolute Gasteiger partial charge is 0.486 e. The minimum Gasteiger partial charge on any atom is -0.486 e. The maximum Gasteiger partial charge on any atom is 0.125 e. The third kappa shape index (κ3) is 6.36. The van der Waals surface area contributed by atoms with Gasteiger partial charge in [0.25, 0.3) is 0 Å². The summed E-state index contributed by atoms with van der Waals surface area (Å²) in [6, 6.07) is 18.8. The minimum absolute atomic E-state index is 0.0883. The SMILES string of the molecule is Cc1ccc(OC(CCN(C)CCCBr)c2ccccc2)cc1. The van der Waals surface area contributed by atoms with Crippen molar-refractivity contribution < 1.29 is 4.74 Å². The fourth-order valence-corrected chi connectivity index (χ4v) is 2.77. The second kappa shape index (κ2) is 9.74. The summed E-state index contributed by atoms with van der Waals surface area (Å²) in [5, 5.41) is 1.05. The zero-order chi connectivity index (χ0) is 16.5. The van der Waals surface area contributed by atoms with Gasteiger partial charge in [-0.1, -0.05) is 64.0 Å². The van der Waals surface area contributed by atoms with Crippen molar-refractivity contribution in [3.63, 3.8) is 0 Å². The van der Waals surface area contributed by atoms with Crippen molar-refractivity contribution in [2.24, 2.45) is 0 Å². The van der Waals surface area contributed by atoms with Gasteiger partial charge in [0.05, 0.1) is 0 Å². The van der Waals surface area contributed by atoms with Crippen LogP contribution in [0.25, 0.3) is 0 Å². The zero-order valence-corrected chi connectivity index (χ0v) is 15.6. The lowest BCUT2D eigenvalue weighted by Gasteiger charge is -2.23. The van der Waals surface area contributed by atoms with Crippen molar-refractivity contribution in [1.82, 2.24) is 4.90 Å². The van der Waals surface area contributed by atoms with Crippen LogP contribution in [0, 0.1) is 6.92 Å². The van der Waals surface area contributed by atoms with Crippen LogP contribution in [-0.4, -0.2) is 30.4 Å². The Hall–Kier alpha value is -1.32. The Kier molecular flexibility index (Phi) is 7.63. The summed E-state index contributed by atoms with van der Waals surface area (Å²) < 4.78 is 6.27. The van der Waals surface area contributed by atoms with E-state index in [0.717, 1.165) is 30.6 Å². The summed E-state index contributed by atoms with van der Waals surface area (Å²) in [4.78, 5) is 2.37. The Bertz CT molecular complexity index is 556. The molecule has 0 heterocycles. The molecule has 124 valence electrons. The highest BCUT2D eigenvalue weighted by Crippen LogP contribution is 2.25. The van der Waals surface area contributed by atoms with Crippen molar-refractivity contribution in [2.45, 2.75) is 25.9 Å². The van der Waals surface area contributed by atoms with E-state index in [2.05, 4.69) is 89.4 Å². The number of halogens is 1. The molecule has 23 heavy (non-hydrogen) atoms. The standard InChI is InChI=1S/C20H26BrNO/c1-17-9-11-19(12-10-17)23-20(18-7-4-3-5-8-18)13-16-22(2)15-6-14-21/h3-5,7-12,20H,6,13-16H2,1-2H3. The van der Waals surface area contributed by atoms with Crippen LogP contribution in [0.3, 0.4) is 0 Å². The number of aryl methyl sites for hydroxylation is 1. The fraction of sp³-hybridized carbons (Fsp3) is 0.400. The van der Waals surface area contributed by atoms with Crippen molar-refractivity contribution in [3.8, 4) is 5.75 Å². The Morgan fingerprint density at radius 2 is 1.70 bits per heavy atom. The second-order valence-electron chi connectivity index (χ2n) is 5.96. The molecule has 0 bridgehead atoms. The highest BCUT2D eigenvalue weighted by atomic mass is 79.9. The van der Waals surface area contributed by atoms with Crippen LogP contribution in [-0.2, 0) is 0 Å². The van der Waals surface area contributed by atoms with Crippen LogP contribution >= 0.6 is 15.9 Å². The Labute approximate surface area is 148 Å². The van der Waals surface area contributed by atoms with Crippen LogP contribution in [0.15, 0.2) is 54.6 Å². The molecule has 0 saturated heterocycles. The summed E-state index contributed by atoms with van der Waals surface area (Å²) in [5.41, 5.74) is 2.49. The van der Waals surface area contributed by atoms with Gasteiger partial charge in [-0.3, -0.25) is 0 Å². The molecule has 0 amide bonds. The predicted molar refractivity (Wildman–Crippen MR) is 102 cm³/mol. The van der Waals surface area contributed by atoms with Crippen LogP contribution < -0.4 is 4.74 Å². The van der Waals surface area contributed by atoms with Gasteiger partial charge in [0.1, 0.15) is 11.9 Å². The normalized spacial score (nSPS) is 12.3. The van der Waals surface area contributed by atoms with Crippen molar-refractivity contribution in [2.75, 3.05) is 25.5 Å². The molecule has 1 atom stereocenters. The molecule has 0 aromatic heterocycles. The molecule has 0 N–H and O–H groups in total. The van der Waals surface area contributed by atoms with Gasteiger partial charge in [0, 0.05) is 18.3 Å².